The SMILES string of the molecule is CC(C)(N)c1cc(F)c(F)c(-c2ccccc2)c1. The zero-order valence-corrected chi connectivity index (χ0v) is 10.4. The Morgan fingerprint density at radius 3 is 2.17 bits per heavy atom. The van der Waals surface area contributed by atoms with Gasteiger partial charge in [0.05, 0.1) is 0 Å². The van der Waals surface area contributed by atoms with Crippen LogP contribution in [0.15, 0.2) is 42.5 Å². The summed E-state index contributed by atoms with van der Waals surface area (Å²) in [5.74, 6) is -1.71. The van der Waals surface area contributed by atoms with Crippen LogP contribution in [0.4, 0.5) is 8.78 Å². The molecular formula is C15H15F2N. The summed E-state index contributed by atoms with van der Waals surface area (Å²) in [6.07, 6.45) is 0. The average molecular weight is 247 g/mol. The molecule has 2 rings (SSSR count). The lowest BCUT2D eigenvalue weighted by Crippen LogP contribution is -2.29. The maximum Gasteiger partial charge on any atom is 0.166 e. The first-order valence-corrected chi connectivity index (χ1v) is 5.73. The van der Waals surface area contributed by atoms with Crippen LogP contribution in [0, 0.1) is 11.6 Å². The van der Waals surface area contributed by atoms with Crippen molar-refractivity contribution in [1.82, 2.24) is 0 Å². The van der Waals surface area contributed by atoms with Gasteiger partial charge >= 0.3 is 0 Å². The number of halogens is 2. The number of nitrogens with two attached hydrogens (primary N) is 1. The van der Waals surface area contributed by atoms with Crippen LogP contribution < -0.4 is 5.73 Å². The molecule has 0 radical (unpaired) electrons. The van der Waals surface area contributed by atoms with Crippen LogP contribution in [-0.2, 0) is 5.54 Å². The highest BCUT2D eigenvalue weighted by Crippen LogP contribution is 2.29. The minimum absolute atomic E-state index is 0.240. The predicted molar refractivity (Wildman–Crippen MR) is 69.0 cm³/mol. The monoisotopic (exact) mass is 247 g/mol. The average Bonchev–Trinajstić information content (AvgIpc) is 2.32. The molecule has 94 valence electrons. The molecule has 2 aromatic rings. The van der Waals surface area contributed by atoms with Gasteiger partial charge in [0.2, 0.25) is 0 Å². The van der Waals surface area contributed by atoms with Gasteiger partial charge in [-0.05, 0) is 37.1 Å². The van der Waals surface area contributed by atoms with E-state index in [9.17, 15) is 8.78 Å². The molecule has 0 aliphatic heterocycles. The topological polar surface area (TPSA) is 26.0 Å². The fourth-order valence-electron chi connectivity index (χ4n) is 1.79. The fraction of sp³-hybridized carbons (Fsp3) is 0.200. The predicted octanol–water partition coefficient (Wildman–Crippen LogP) is 3.83. The molecule has 0 unspecified atom stereocenters. The molecule has 2 N–H and O–H groups in total. The van der Waals surface area contributed by atoms with Gasteiger partial charge in [0.15, 0.2) is 11.6 Å². The third kappa shape index (κ3) is 2.41. The van der Waals surface area contributed by atoms with Crippen LogP contribution >= 0.6 is 0 Å². The van der Waals surface area contributed by atoms with Gasteiger partial charge in [-0.15, -0.1) is 0 Å². The van der Waals surface area contributed by atoms with E-state index in [-0.39, 0.29) is 5.56 Å². The summed E-state index contributed by atoms with van der Waals surface area (Å²) in [5, 5.41) is 0. The molecule has 0 aromatic heterocycles. The lowest BCUT2D eigenvalue weighted by molar-refractivity contribution is 0.496. The van der Waals surface area contributed by atoms with Gasteiger partial charge in [-0.25, -0.2) is 8.78 Å². The Morgan fingerprint density at radius 2 is 1.61 bits per heavy atom. The largest absolute Gasteiger partial charge is 0.322 e. The number of rotatable bonds is 2. The highest BCUT2D eigenvalue weighted by Gasteiger charge is 2.20. The van der Waals surface area contributed by atoms with Crippen molar-refractivity contribution in [2.24, 2.45) is 5.73 Å². The van der Waals surface area contributed by atoms with E-state index in [1.807, 2.05) is 6.07 Å². The number of hydrogen-bond acceptors (Lipinski definition) is 1. The molecule has 0 heterocycles. The first-order valence-electron chi connectivity index (χ1n) is 5.73. The zero-order valence-electron chi connectivity index (χ0n) is 10.4. The molecule has 1 nitrogen and oxygen atoms in total. The molecule has 0 aliphatic rings. The maximum absolute atomic E-state index is 13.8. The summed E-state index contributed by atoms with van der Waals surface area (Å²) in [7, 11) is 0. The van der Waals surface area contributed by atoms with E-state index in [0.29, 0.717) is 11.1 Å². The third-order valence-electron chi connectivity index (χ3n) is 2.86. The summed E-state index contributed by atoms with van der Waals surface area (Å²) in [4.78, 5) is 0. The fourth-order valence-corrected chi connectivity index (χ4v) is 1.79. The van der Waals surface area contributed by atoms with Gasteiger partial charge in [-0.1, -0.05) is 30.3 Å². The van der Waals surface area contributed by atoms with E-state index in [1.165, 1.54) is 0 Å². The van der Waals surface area contributed by atoms with E-state index >= 15 is 0 Å². The summed E-state index contributed by atoms with van der Waals surface area (Å²) < 4.78 is 27.5. The molecule has 3 heteroatoms. The lowest BCUT2D eigenvalue weighted by atomic mass is 9.92. The van der Waals surface area contributed by atoms with E-state index in [0.717, 1.165) is 6.07 Å². The van der Waals surface area contributed by atoms with Crippen molar-refractivity contribution >= 4 is 0 Å². The Morgan fingerprint density at radius 1 is 1.00 bits per heavy atom. The van der Waals surface area contributed by atoms with Crippen LogP contribution in [-0.4, -0.2) is 0 Å². The Kier molecular flexibility index (Phi) is 3.18. The highest BCUT2D eigenvalue weighted by molar-refractivity contribution is 5.65. The van der Waals surface area contributed by atoms with E-state index in [2.05, 4.69) is 0 Å². The molecule has 0 fully saturated rings. The second-order valence-corrected chi connectivity index (χ2v) is 4.91. The Labute approximate surface area is 105 Å². The van der Waals surface area contributed by atoms with Crippen molar-refractivity contribution in [2.45, 2.75) is 19.4 Å². The Hall–Kier alpha value is -1.74. The van der Waals surface area contributed by atoms with Crippen LogP contribution in [0.2, 0.25) is 0 Å². The summed E-state index contributed by atoms with van der Waals surface area (Å²) >= 11 is 0. The van der Waals surface area contributed by atoms with Crippen LogP contribution in [0.25, 0.3) is 11.1 Å². The maximum atomic E-state index is 13.8. The van der Waals surface area contributed by atoms with Crippen molar-refractivity contribution < 1.29 is 8.78 Å². The molecule has 0 saturated heterocycles. The smallest absolute Gasteiger partial charge is 0.166 e. The molecule has 0 amide bonds. The minimum Gasteiger partial charge on any atom is -0.322 e. The summed E-state index contributed by atoms with van der Waals surface area (Å²) in [6.45, 7) is 3.52. The second-order valence-electron chi connectivity index (χ2n) is 4.91. The van der Waals surface area contributed by atoms with Crippen molar-refractivity contribution in [3.05, 3.63) is 59.7 Å². The second kappa shape index (κ2) is 4.50. The number of hydrogen-bond donors (Lipinski definition) is 1. The molecule has 0 saturated carbocycles. The van der Waals surface area contributed by atoms with Gasteiger partial charge in [0.25, 0.3) is 0 Å². The van der Waals surface area contributed by atoms with E-state index in [4.69, 9.17) is 5.73 Å². The molecular weight excluding hydrogens is 232 g/mol. The summed E-state index contributed by atoms with van der Waals surface area (Å²) in [6, 6.07) is 11.6. The molecule has 0 aliphatic carbocycles. The van der Waals surface area contributed by atoms with Gasteiger partial charge < -0.3 is 5.73 Å². The zero-order chi connectivity index (χ0) is 13.3. The molecule has 0 atom stereocenters. The highest BCUT2D eigenvalue weighted by atomic mass is 19.2. The van der Waals surface area contributed by atoms with Crippen LogP contribution in [0.3, 0.4) is 0 Å². The Balaban J connectivity index is 2.64. The van der Waals surface area contributed by atoms with Crippen LogP contribution in [0.5, 0.6) is 0 Å². The first kappa shape index (κ1) is 12.7. The molecule has 18 heavy (non-hydrogen) atoms. The number of benzene rings is 2. The Bertz CT molecular complexity index is 557. The van der Waals surface area contributed by atoms with Crippen molar-refractivity contribution in [1.29, 1.82) is 0 Å². The minimum atomic E-state index is -0.870. The van der Waals surface area contributed by atoms with Crippen molar-refractivity contribution in [3.63, 3.8) is 0 Å². The van der Waals surface area contributed by atoms with Crippen molar-refractivity contribution in [2.75, 3.05) is 0 Å². The van der Waals surface area contributed by atoms with Gasteiger partial charge in [0.1, 0.15) is 0 Å². The quantitative estimate of drug-likeness (QED) is 0.857. The molecule has 0 bridgehead atoms. The van der Waals surface area contributed by atoms with Gasteiger partial charge in [-0.2, -0.15) is 0 Å². The standard InChI is InChI=1S/C15H15F2N/c1-15(2,18)11-8-12(14(17)13(16)9-11)10-6-4-3-5-7-10/h3-9H,18H2,1-2H3. The third-order valence-corrected chi connectivity index (χ3v) is 2.86. The normalized spacial score (nSPS) is 11.6. The molecule has 0 spiro atoms. The lowest BCUT2D eigenvalue weighted by Gasteiger charge is -2.20. The van der Waals surface area contributed by atoms with E-state index in [1.54, 1.807) is 44.2 Å². The van der Waals surface area contributed by atoms with Gasteiger partial charge in [0, 0.05) is 11.1 Å². The molecule has 2 aromatic carbocycles. The van der Waals surface area contributed by atoms with E-state index < -0.39 is 17.2 Å². The van der Waals surface area contributed by atoms with Crippen molar-refractivity contribution in [3.8, 4) is 11.1 Å². The first-order chi connectivity index (χ1) is 8.39. The van der Waals surface area contributed by atoms with Crippen LogP contribution in [0.1, 0.15) is 19.4 Å². The summed E-state index contributed by atoms with van der Waals surface area (Å²) in [5.41, 5.74) is 6.67. The van der Waals surface area contributed by atoms with Gasteiger partial charge in [-0.3, -0.25) is 0 Å².